The predicted molar refractivity (Wildman–Crippen MR) is 119 cm³/mol. The number of rotatable bonds is 4. The monoisotopic (exact) mass is 427 g/mol. The lowest BCUT2D eigenvalue weighted by Gasteiger charge is -2.61. The van der Waals surface area contributed by atoms with Gasteiger partial charge in [0, 0.05) is 36.3 Å². The Labute approximate surface area is 183 Å². The van der Waals surface area contributed by atoms with Crippen LogP contribution in [0.3, 0.4) is 0 Å². The second-order valence-corrected chi connectivity index (χ2v) is 9.73. The maximum atomic E-state index is 13.0. The van der Waals surface area contributed by atoms with Gasteiger partial charge in [-0.05, 0) is 56.4 Å². The van der Waals surface area contributed by atoms with E-state index in [1.165, 1.54) is 6.20 Å². The third-order valence-electron chi connectivity index (χ3n) is 8.17. The van der Waals surface area contributed by atoms with Crippen molar-refractivity contribution in [2.75, 3.05) is 6.61 Å². The molecule has 0 spiro atoms. The number of nitrogens with two attached hydrogens (primary N) is 1. The molecular formula is C25H33NO5. The second-order valence-electron chi connectivity index (χ2n) is 9.73. The highest BCUT2D eigenvalue weighted by Gasteiger charge is 2.60. The third kappa shape index (κ3) is 3.46. The quantitative estimate of drug-likeness (QED) is 0.638. The summed E-state index contributed by atoms with van der Waals surface area (Å²) in [6, 6.07) is 1.76. The van der Waals surface area contributed by atoms with Gasteiger partial charge >= 0.3 is 5.63 Å². The van der Waals surface area contributed by atoms with Gasteiger partial charge < -0.3 is 25.1 Å². The first-order valence-corrected chi connectivity index (χ1v) is 11.1. The van der Waals surface area contributed by atoms with E-state index in [4.69, 9.17) is 14.9 Å². The van der Waals surface area contributed by atoms with E-state index in [1.54, 1.807) is 24.3 Å². The van der Waals surface area contributed by atoms with Crippen molar-refractivity contribution in [1.29, 1.82) is 0 Å². The van der Waals surface area contributed by atoms with Crippen LogP contribution in [0.25, 0.3) is 5.57 Å². The second kappa shape index (κ2) is 7.99. The van der Waals surface area contributed by atoms with E-state index in [-0.39, 0.29) is 29.8 Å². The van der Waals surface area contributed by atoms with E-state index in [1.807, 2.05) is 0 Å². The normalized spacial score (nSPS) is 37.5. The summed E-state index contributed by atoms with van der Waals surface area (Å²) >= 11 is 0. The van der Waals surface area contributed by atoms with Gasteiger partial charge in [-0.3, -0.25) is 0 Å². The highest BCUT2D eigenvalue weighted by atomic mass is 16.5. The summed E-state index contributed by atoms with van der Waals surface area (Å²) in [4.78, 5) is 13.0. The Morgan fingerprint density at radius 3 is 2.81 bits per heavy atom. The van der Waals surface area contributed by atoms with E-state index < -0.39 is 17.3 Å². The zero-order valence-electron chi connectivity index (χ0n) is 18.3. The molecule has 0 saturated heterocycles. The number of aliphatic hydroxyl groups excluding tert-OH is 2. The first-order valence-electron chi connectivity index (χ1n) is 11.1. The molecule has 2 saturated carbocycles. The Balaban J connectivity index is 1.74. The minimum absolute atomic E-state index is 0.0137. The molecule has 1 aliphatic heterocycles. The summed E-state index contributed by atoms with van der Waals surface area (Å²) in [5.74, 6) is 1.11. The summed E-state index contributed by atoms with van der Waals surface area (Å²) in [5.41, 5.74) is 5.93. The van der Waals surface area contributed by atoms with Gasteiger partial charge in [0.15, 0.2) is 0 Å². The van der Waals surface area contributed by atoms with E-state index in [2.05, 4.69) is 20.4 Å². The molecule has 0 amide bonds. The van der Waals surface area contributed by atoms with Gasteiger partial charge in [0.05, 0.1) is 11.7 Å². The van der Waals surface area contributed by atoms with E-state index in [9.17, 15) is 15.0 Å². The van der Waals surface area contributed by atoms with Crippen molar-refractivity contribution in [2.45, 2.75) is 57.7 Å². The first-order chi connectivity index (χ1) is 14.8. The zero-order valence-corrected chi connectivity index (χ0v) is 18.3. The summed E-state index contributed by atoms with van der Waals surface area (Å²) < 4.78 is 12.2. The Morgan fingerprint density at radius 2 is 2.13 bits per heavy atom. The first kappa shape index (κ1) is 21.9. The molecule has 2 aliphatic carbocycles. The van der Waals surface area contributed by atoms with Crippen molar-refractivity contribution in [3.05, 3.63) is 58.8 Å². The maximum absolute atomic E-state index is 13.0. The molecule has 0 radical (unpaired) electrons. The number of allylic oxidation sites excluding steroid dienone is 4. The van der Waals surface area contributed by atoms with Crippen LogP contribution in [0.4, 0.5) is 0 Å². The van der Waals surface area contributed by atoms with Crippen molar-refractivity contribution in [1.82, 2.24) is 0 Å². The van der Waals surface area contributed by atoms with Crippen LogP contribution in [0, 0.1) is 23.2 Å². The van der Waals surface area contributed by atoms with Gasteiger partial charge in [-0.2, -0.15) is 0 Å². The molecule has 6 heteroatoms. The van der Waals surface area contributed by atoms with Crippen LogP contribution in [0.5, 0.6) is 5.75 Å². The molecule has 6 atom stereocenters. The fourth-order valence-corrected chi connectivity index (χ4v) is 6.49. The van der Waals surface area contributed by atoms with E-state index in [0.717, 1.165) is 19.3 Å². The minimum Gasteiger partial charge on any atom is -0.487 e. The van der Waals surface area contributed by atoms with Gasteiger partial charge in [0.25, 0.3) is 0 Å². The van der Waals surface area contributed by atoms with Crippen LogP contribution < -0.4 is 16.1 Å². The van der Waals surface area contributed by atoms with Crippen molar-refractivity contribution in [3.8, 4) is 5.75 Å². The number of fused-ring (bicyclic) bond motifs is 4. The summed E-state index contributed by atoms with van der Waals surface area (Å²) in [6.07, 6.45) is 9.79. The summed E-state index contributed by atoms with van der Waals surface area (Å²) in [6.45, 7) is 8.02. The van der Waals surface area contributed by atoms with Gasteiger partial charge in [0.1, 0.15) is 17.1 Å². The van der Waals surface area contributed by atoms with Crippen molar-refractivity contribution < 1.29 is 19.4 Å². The van der Waals surface area contributed by atoms with Crippen LogP contribution in [0.1, 0.15) is 50.9 Å². The molecule has 1 aromatic rings. The molecule has 168 valence electrons. The highest BCUT2D eigenvalue weighted by molar-refractivity contribution is 5.71. The molecule has 3 aliphatic rings. The molecule has 2 fully saturated rings. The smallest absolute Gasteiger partial charge is 0.343 e. The molecule has 0 aromatic carbocycles. The van der Waals surface area contributed by atoms with Crippen molar-refractivity contribution in [2.24, 2.45) is 28.9 Å². The number of ether oxygens (including phenoxy) is 1. The number of hydrogen-bond donors (Lipinski definition) is 3. The van der Waals surface area contributed by atoms with Crippen LogP contribution in [-0.2, 0) is 6.42 Å². The summed E-state index contributed by atoms with van der Waals surface area (Å²) in [5, 5.41) is 20.4. The lowest BCUT2D eigenvalue weighted by Crippen LogP contribution is -2.62. The standard InChI is InChI=1S/C25H33NO5/c1-4-5-6-15(13-26)20-12-21-16(23(29)30-20)11-22-24(2)9-8-19(28)17(14-27)18(24)7-10-25(22,3)31-21/h4-6,12-13,17-19,22,27-28H,1,7-11,14,26H2,2-3H3/b6-5-,15-13+/t17-,18-,19-,22?,24-,25+/m0/s1. The SMILES string of the molecule is C=C/C=C\C(=C/N)c1cc2c(c(=O)o1)CC1[C@@](C)(CC[C@H]3[C@H](CO)[C@@H](O)CC[C@]13C)O2. The largest absolute Gasteiger partial charge is 0.487 e. The Kier molecular flexibility index (Phi) is 5.64. The average molecular weight is 428 g/mol. The molecule has 2 heterocycles. The number of hydrogen-bond acceptors (Lipinski definition) is 6. The van der Waals surface area contributed by atoms with Crippen molar-refractivity contribution in [3.63, 3.8) is 0 Å². The molecule has 4 rings (SSSR count). The topological polar surface area (TPSA) is 106 Å². The van der Waals surface area contributed by atoms with Gasteiger partial charge in [-0.15, -0.1) is 0 Å². The van der Waals surface area contributed by atoms with Crippen LogP contribution in [-0.4, -0.2) is 28.5 Å². The van der Waals surface area contributed by atoms with Crippen LogP contribution in [0.15, 0.2) is 46.3 Å². The van der Waals surface area contributed by atoms with Gasteiger partial charge in [0.2, 0.25) is 0 Å². The van der Waals surface area contributed by atoms with Crippen LogP contribution in [0.2, 0.25) is 0 Å². The molecule has 0 bridgehead atoms. The fourth-order valence-electron chi connectivity index (χ4n) is 6.49. The molecular weight excluding hydrogens is 394 g/mol. The molecule has 1 aromatic heterocycles. The van der Waals surface area contributed by atoms with Gasteiger partial charge in [-0.1, -0.05) is 25.7 Å². The Morgan fingerprint density at radius 1 is 1.35 bits per heavy atom. The third-order valence-corrected chi connectivity index (χ3v) is 8.17. The fraction of sp³-hybridized carbons (Fsp3) is 0.560. The molecule has 1 unspecified atom stereocenters. The van der Waals surface area contributed by atoms with E-state index >= 15 is 0 Å². The van der Waals surface area contributed by atoms with E-state index in [0.29, 0.717) is 35.5 Å². The lowest BCUT2D eigenvalue weighted by atomic mass is 9.47. The Hall–Kier alpha value is -2.31. The zero-order chi connectivity index (χ0) is 22.4. The highest BCUT2D eigenvalue weighted by Crippen LogP contribution is 2.61. The lowest BCUT2D eigenvalue weighted by molar-refractivity contribution is -0.173. The maximum Gasteiger partial charge on any atom is 0.343 e. The number of aliphatic hydroxyl groups is 2. The van der Waals surface area contributed by atoms with Crippen molar-refractivity contribution >= 4 is 5.57 Å². The molecule has 4 N–H and O–H groups in total. The molecule has 6 nitrogen and oxygen atoms in total. The van der Waals surface area contributed by atoms with Crippen LogP contribution >= 0.6 is 0 Å². The molecule has 31 heavy (non-hydrogen) atoms. The predicted octanol–water partition coefficient (Wildman–Crippen LogP) is 3.17. The minimum atomic E-state index is -0.470. The van der Waals surface area contributed by atoms with Gasteiger partial charge in [-0.25, -0.2) is 4.79 Å². The average Bonchev–Trinajstić information content (AvgIpc) is 2.73. The summed E-state index contributed by atoms with van der Waals surface area (Å²) in [7, 11) is 0. The Bertz CT molecular complexity index is 979.